The normalized spacial score (nSPS) is 13.8. The van der Waals surface area contributed by atoms with Crippen molar-refractivity contribution < 1.29 is 22.8 Å². The molecule has 0 fully saturated rings. The maximum atomic E-state index is 13.4. The molecule has 0 spiro atoms. The molecule has 0 bridgehead atoms. The first-order chi connectivity index (χ1) is 16.8. The highest BCUT2D eigenvalue weighted by Gasteiger charge is 2.46. The summed E-state index contributed by atoms with van der Waals surface area (Å²) in [6.07, 6.45) is 2.04. The largest absolute Gasteiger partial charge is 0.541 e. The van der Waals surface area contributed by atoms with E-state index >= 15 is 0 Å². The Morgan fingerprint density at radius 3 is 1.50 bits per heavy atom. The van der Waals surface area contributed by atoms with Gasteiger partial charge < -0.3 is 18.0 Å². The van der Waals surface area contributed by atoms with Crippen LogP contribution in [0.15, 0.2) is 6.07 Å². The third kappa shape index (κ3) is 8.07. The molecule has 0 amide bonds. The van der Waals surface area contributed by atoms with Crippen molar-refractivity contribution in [2.24, 2.45) is 0 Å². The third-order valence-electron chi connectivity index (χ3n) is 8.59. The third-order valence-corrected chi connectivity index (χ3v) is 22.2. The predicted octanol–water partition coefficient (Wildman–Crippen LogP) is 9.88. The lowest BCUT2D eigenvalue weighted by Gasteiger charge is -2.42. The predicted molar refractivity (Wildman–Crippen MR) is 173 cm³/mol. The summed E-state index contributed by atoms with van der Waals surface area (Å²) in [7, 11) is -6.93. The molecule has 0 atom stereocenters. The van der Waals surface area contributed by atoms with Crippen LogP contribution in [0.2, 0.25) is 54.4 Å². The summed E-state index contributed by atoms with van der Waals surface area (Å²) in [5.74, 6) is 2.17. The number of hydrogen-bond donors (Lipinski definition) is 0. The van der Waals surface area contributed by atoms with Crippen molar-refractivity contribution in [2.75, 3.05) is 12.9 Å². The molecule has 0 aliphatic heterocycles. The van der Waals surface area contributed by atoms with E-state index in [4.69, 9.17) is 18.0 Å². The van der Waals surface area contributed by atoms with E-state index in [9.17, 15) is 4.79 Å². The average molecular weight is 601 g/mol. The maximum Gasteiger partial charge on any atom is 0.338 e. The van der Waals surface area contributed by atoms with Gasteiger partial charge in [0.15, 0.2) is 11.5 Å². The molecule has 0 radical (unpaired) electrons. The number of esters is 1. The molecule has 0 saturated heterocycles. The molecular formula is C29H56O5SSi3. The fourth-order valence-electron chi connectivity index (χ4n) is 2.86. The minimum absolute atomic E-state index is 0.0328. The molecular weight excluding hydrogens is 545 g/mol. The van der Waals surface area contributed by atoms with Gasteiger partial charge in [-0.3, -0.25) is 0 Å². The molecule has 5 nitrogen and oxygen atoms in total. The van der Waals surface area contributed by atoms with Crippen LogP contribution in [-0.2, 0) is 10.5 Å². The number of hydrogen-bond acceptors (Lipinski definition) is 6. The quantitative estimate of drug-likeness (QED) is 0.197. The van der Waals surface area contributed by atoms with Gasteiger partial charge in [-0.05, 0) is 73.6 Å². The van der Waals surface area contributed by atoms with Crippen LogP contribution >= 0.6 is 11.8 Å². The van der Waals surface area contributed by atoms with Gasteiger partial charge in [0.2, 0.25) is 0 Å². The summed E-state index contributed by atoms with van der Waals surface area (Å²) >= 11 is 1.66. The van der Waals surface area contributed by atoms with Crippen LogP contribution in [0.3, 0.4) is 0 Å². The molecule has 1 aromatic carbocycles. The molecule has 0 aliphatic carbocycles. The van der Waals surface area contributed by atoms with E-state index in [1.165, 1.54) is 0 Å². The summed E-state index contributed by atoms with van der Waals surface area (Å²) in [4.78, 5) is 13.4. The lowest BCUT2D eigenvalue weighted by atomic mass is 10.1. The molecule has 0 unspecified atom stereocenters. The number of carbonyl (C=O) groups excluding carboxylic acids is 1. The fraction of sp³-hybridized carbons (Fsp3) is 0.759. The lowest BCUT2D eigenvalue weighted by molar-refractivity contribution is 0.0524. The van der Waals surface area contributed by atoms with Crippen molar-refractivity contribution in [3.63, 3.8) is 0 Å². The maximum absolute atomic E-state index is 13.4. The zero-order chi connectivity index (χ0) is 30.1. The smallest absolute Gasteiger partial charge is 0.338 e. The van der Waals surface area contributed by atoms with Crippen LogP contribution in [-0.4, -0.2) is 43.8 Å². The average Bonchev–Trinajstić information content (AvgIpc) is 2.69. The molecule has 1 rings (SSSR count). The summed E-state index contributed by atoms with van der Waals surface area (Å²) in [5, 5.41) is -0.114. The summed E-state index contributed by atoms with van der Waals surface area (Å²) in [6.45, 7) is 35.6. The molecule has 0 N–H and O–H groups in total. The van der Waals surface area contributed by atoms with Crippen LogP contribution in [0.5, 0.6) is 17.2 Å². The second kappa shape index (κ2) is 11.9. The monoisotopic (exact) mass is 600 g/mol. The highest BCUT2D eigenvalue weighted by molar-refractivity contribution is 7.97. The van der Waals surface area contributed by atoms with Gasteiger partial charge in [-0.25, -0.2) is 4.79 Å². The summed E-state index contributed by atoms with van der Waals surface area (Å²) in [6, 6.07) is 1.87. The molecule has 0 saturated carbocycles. The van der Waals surface area contributed by atoms with E-state index in [0.717, 1.165) is 5.56 Å². The van der Waals surface area contributed by atoms with Crippen LogP contribution in [0.25, 0.3) is 0 Å². The highest BCUT2D eigenvalue weighted by Crippen LogP contribution is 2.52. The minimum Gasteiger partial charge on any atom is -0.541 e. The van der Waals surface area contributed by atoms with Crippen molar-refractivity contribution in [1.29, 1.82) is 0 Å². The number of rotatable bonds is 10. The first-order valence-electron chi connectivity index (χ1n) is 13.8. The fourth-order valence-corrected chi connectivity index (χ4v) is 6.48. The molecule has 38 heavy (non-hydrogen) atoms. The molecule has 0 heterocycles. The number of thioether (sulfide) groups is 1. The second-order valence-corrected chi connectivity index (χ2v) is 29.8. The minimum atomic E-state index is -2.32. The van der Waals surface area contributed by atoms with Gasteiger partial charge in [0.1, 0.15) is 5.75 Å². The Morgan fingerprint density at radius 1 is 0.737 bits per heavy atom. The first-order valence-corrected chi connectivity index (χ1v) is 23.9. The van der Waals surface area contributed by atoms with Gasteiger partial charge >= 0.3 is 5.97 Å². The Hall–Kier alpha value is -0.909. The Bertz CT molecular complexity index is 984. The standard InChI is InChI=1S/C29H56O5SSi3/c1-18-31-26(30)21-19-23(32-36(12,13)27(2,3)4)25(34-38(16,17)29(8,9)10)24(22(21)20-35-11)33-37(14,15)28(5,6)7/h19H,18,20H2,1-17H3. The molecule has 0 aromatic heterocycles. The molecule has 0 aliphatic rings. The van der Waals surface area contributed by atoms with Crippen LogP contribution in [0.1, 0.15) is 85.2 Å². The Morgan fingerprint density at radius 2 is 1.13 bits per heavy atom. The van der Waals surface area contributed by atoms with E-state index in [2.05, 4.69) is 102 Å². The van der Waals surface area contributed by atoms with E-state index < -0.39 is 25.0 Å². The Balaban J connectivity index is 4.26. The van der Waals surface area contributed by atoms with E-state index in [1.807, 2.05) is 19.2 Å². The van der Waals surface area contributed by atoms with E-state index in [0.29, 0.717) is 35.2 Å². The van der Waals surface area contributed by atoms with Crippen molar-refractivity contribution in [2.45, 2.75) is 129 Å². The number of ether oxygens (including phenoxy) is 1. The molecule has 1 aromatic rings. The van der Waals surface area contributed by atoms with Gasteiger partial charge in [-0.1, -0.05) is 62.3 Å². The van der Waals surface area contributed by atoms with Crippen molar-refractivity contribution in [1.82, 2.24) is 0 Å². The first kappa shape index (κ1) is 35.1. The van der Waals surface area contributed by atoms with Gasteiger partial charge in [0, 0.05) is 11.3 Å². The second-order valence-electron chi connectivity index (χ2n) is 14.8. The van der Waals surface area contributed by atoms with Crippen molar-refractivity contribution in [3.05, 3.63) is 17.2 Å². The van der Waals surface area contributed by atoms with Gasteiger partial charge in [-0.15, -0.1) is 0 Å². The van der Waals surface area contributed by atoms with E-state index in [1.54, 1.807) is 11.8 Å². The molecule has 9 heteroatoms. The topological polar surface area (TPSA) is 54.0 Å². The van der Waals surface area contributed by atoms with Crippen LogP contribution in [0.4, 0.5) is 0 Å². The van der Waals surface area contributed by atoms with E-state index in [-0.39, 0.29) is 21.1 Å². The zero-order valence-electron chi connectivity index (χ0n) is 27.4. The lowest BCUT2D eigenvalue weighted by Crippen LogP contribution is -2.47. The van der Waals surface area contributed by atoms with Crippen molar-refractivity contribution in [3.8, 4) is 17.2 Å². The zero-order valence-corrected chi connectivity index (χ0v) is 31.3. The van der Waals surface area contributed by atoms with Crippen molar-refractivity contribution >= 4 is 42.7 Å². The van der Waals surface area contributed by atoms with Gasteiger partial charge in [0.25, 0.3) is 25.0 Å². The SMILES string of the molecule is CCOC(=O)c1cc(O[Si](C)(C)C(C)(C)C)c(O[Si](C)(C)C(C)(C)C)c(O[Si](C)(C)C(C)(C)C)c1CSC. The van der Waals surface area contributed by atoms with Crippen LogP contribution < -0.4 is 13.3 Å². The Labute approximate surface area is 241 Å². The summed E-state index contributed by atoms with van der Waals surface area (Å²) < 4.78 is 26.7. The number of benzene rings is 1. The van der Waals surface area contributed by atoms with Gasteiger partial charge in [-0.2, -0.15) is 11.8 Å². The molecule has 220 valence electrons. The Kier molecular flexibility index (Phi) is 11.0. The highest BCUT2D eigenvalue weighted by atomic mass is 32.2. The van der Waals surface area contributed by atoms with Gasteiger partial charge in [0.05, 0.1) is 12.2 Å². The number of carbonyl (C=O) groups is 1. The van der Waals surface area contributed by atoms with Crippen LogP contribution in [0, 0.1) is 0 Å². The summed E-state index contributed by atoms with van der Waals surface area (Å²) in [5.41, 5.74) is 1.34.